The van der Waals surface area contributed by atoms with E-state index in [1.807, 2.05) is 0 Å². The van der Waals surface area contributed by atoms with Gasteiger partial charge in [0.25, 0.3) is 0 Å². The van der Waals surface area contributed by atoms with Gasteiger partial charge in [0.2, 0.25) is 5.91 Å². The van der Waals surface area contributed by atoms with Gasteiger partial charge in [0.15, 0.2) is 9.84 Å². The highest BCUT2D eigenvalue weighted by molar-refractivity contribution is 7.90. The maximum Gasteiger partial charge on any atom is 0.217 e. The Balaban J connectivity index is 2.88. The van der Waals surface area contributed by atoms with Crippen LogP contribution in [0.1, 0.15) is 12.5 Å². The normalized spacial score (nSPS) is 11.6. The van der Waals surface area contributed by atoms with E-state index >= 15 is 0 Å². The lowest BCUT2D eigenvalue weighted by Gasteiger charge is -2.03. The molecule has 0 atom stereocenters. The number of sulfone groups is 1. The molecule has 0 unspecified atom stereocenters. The molecule has 0 aliphatic heterocycles. The average Bonchev–Trinajstić information content (AvgIpc) is 2.23. The van der Waals surface area contributed by atoms with Crippen LogP contribution in [-0.4, -0.2) is 27.1 Å². The van der Waals surface area contributed by atoms with E-state index in [1.165, 1.54) is 13.2 Å². The Labute approximate surface area is 101 Å². The smallest absolute Gasteiger partial charge is 0.217 e. The predicted octanol–water partition coefficient (Wildman–Crippen LogP) is 1.24. The van der Waals surface area contributed by atoms with Crippen LogP contribution < -0.4 is 5.32 Å². The lowest BCUT2D eigenvalue weighted by molar-refractivity contribution is -0.118. The zero-order valence-electron chi connectivity index (χ0n) is 9.80. The molecule has 0 saturated carbocycles. The molecule has 1 amide bonds. The maximum atomic E-state index is 11.5. The van der Waals surface area contributed by atoms with Crippen LogP contribution in [0.2, 0.25) is 0 Å². The summed E-state index contributed by atoms with van der Waals surface area (Å²) in [7, 11) is -3.23. The third-order valence-electron chi connectivity index (χ3n) is 2.08. The minimum absolute atomic E-state index is 0.119. The summed E-state index contributed by atoms with van der Waals surface area (Å²) < 4.78 is 23.0. The Bertz CT molecular complexity index is 532. The van der Waals surface area contributed by atoms with E-state index in [0.717, 1.165) is 0 Å². The highest BCUT2D eigenvalue weighted by atomic mass is 32.2. The van der Waals surface area contributed by atoms with E-state index in [4.69, 9.17) is 0 Å². The molecular formula is C12H15NO3S. The van der Waals surface area contributed by atoms with Crippen molar-refractivity contribution in [2.75, 3.05) is 12.8 Å². The van der Waals surface area contributed by atoms with Crippen molar-refractivity contribution in [2.45, 2.75) is 11.8 Å². The first-order valence-electron chi connectivity index (χ1n) is 5.11. The van der Waals surface area contributed by atoms with Crippen LogP contribution >= 0.6 is 0 Å². The lowest BCUT2D eigenvalue weighted by Crippen LogP contribution is -2.19. The van der Waals surface area contributed by atoms with E-state index in [-0.39, 0.29) is 5.91 Å². The molecule has 1 aromatic rings. The van der Waals surface area contributed by atoms with Crippen LogP contribution in [0, 0.1) is 0 Å². The fourth-order valence-corrected chi connectivity index (χ4v) is 2.23. The number of hydrogen-bond donors (Lipinski definition) is 1. The number of carbonyl (C=O) groups is 1. The highest BCUT2D eigenvalue weighted by Crippen LogP contribution is 2.16. The molecule has 0 aliphatic carbocycles. The zero-order valence-corrected chi connectivity index (χ0v) is 10.6. The summed E-state index contributed by atoms with van der Waals surface area (Å²) in [4.78, 5) is 10.9. The van der Waals surface area contributed by atoms with Crippen molar-refractivity contribution in [3.63, 3.8) is 0 Å². The molecule has 5 heteroatoms. The summed E-state index contributed by atoms with van der Waals surface area (Å²) in [6.07, 6.45) is 4.57. The van der Waals surface area contributed by atoms with Crippen molar-refractivity contribution < 1.29 is 13.2 Å². The first-order chi connectivity index (χ1) is 7.91. The molecule has 0 spiro atoms. The number of nitrogens with one attached hydrogen (secondary N) is 1. The monoisotopic (exact) mass is 253 g/mol. The second-order valence-corrected chi connectivity index (χ2v) is 5.63. The molecule has 92 valence electrons. The van der Waals surface area contributed by atoms with Gasteiger partial charge in [-0.2, -0.15) is 0 Å². The lowest BCUT2D eigenvalue weighted by atomic mass is 10.2. The number of benzene rings is 1. The van der Waals surface area contributed by atoms with Gasteiger partial charge in [-0.25, -0.2) is 8.42 Å². The summed E-state index contributed by atoms with van der Waals surface area (Å²) in [5.74, 6) is -0.119. The van der Waals surface area contributed by atoms with Gasteiger partial charge in [0.05, 0.1) is 4.90 Å². The van der Waals surface area contributed by atoms with Gasteiger partial charge in [-0.15, -0.1) is 0 Å². The van der Waals surface area contributed by atoms with Crippen molar-refractivity contribution in [3.05, 3.63) is 35.9 Å². The molecule has 0 aromatic heterocycles. The second kappa shape index (κ2) is 5.63. The van der Waals surface area contributed by atoms with E-state index < -0.39 is 9.84 Å². The maximum absolute atomic E-state index is 11.5. The number of rotatable bonds is 4. The SMILES string of the molecule is CC(=O)NCC=Cc1ccccc1S(C)(=O)=O. The van der Waals surface area contributed by atoms with Crippen molar-refractivity contribution in [2.24, 2.45) is 0 Å². The van der Waals surface area contributed by atoms with Gasteiger partial charge in [-0.3, -0.25) is 4.79 Å². The van der Waals surface area contributed by atoms with Gasteiger partial charge < -0.3 is 5.32 Å². The summed E-state index contributed by atoms with van der Waals surface area (Å²) in [5.41, 5.74) is 0.625. The standard InChI is InChI=1S/C12H15NO3S/c1-10(14)13-9-5-7-11-6-3-4-8-12(11)17(2,15)16/h3-8H,9H2,1-2H3,(H,13,14). The summed E-state index contributed by atoms with van der Waals surface area (Å²) in [6.45, 7) is 1.81. The van der Waals surface area contributed by atoms with Crippen LogP contribution in [0.15, 0.2) is 35.2 Å². The molecule has 1 aromatic carbocycles. The Morgan fingerprint density at radius 1 is 1.35 bits per heavy atom. The zero-order chi connectivity index (χ0) is 12.9. The second-order valence-electron chi connectivity index (χ2n) is 3.65. The third-order valence-corrected chi connectivity index (χ3v) is 3.26. The molecular weight excluding hydrogens is 238 g/mol. The summed E-state index contributed by atoms with van der Waals surface area (Å²) in [5, 5.41) is 2.60. The van der Waals surface area contributed by atoms with Gasteiger partial charge >= 0.3 is 0 Å². The molecule has 1 rings (SSSR count). The topological polar surface area (TPSA) is 63.2 Å². The Kier molecular flexibility index (Phi) is 4.45. The predicted molar refractivity (Wildman–Crippen MR) is 67.3 cm³/mol. The van der Waals surface area contributed by atoms with Crippen LogP contribution in [-0.2, 0) is 14.6 Å². The molecule has 4 nitrogen and oxygen atoms in total. The van der Waals surface area contributed by atoms with E-state index in [2.05, 4.69) is 5.32 Å². The largest absolute Gasteiger partial charge is 0.353 e. The Hall–Kier alpha value is -1.62. The fourth-order valence-electron chi connectivity index (χ4n) is 1.34. The first kappa shape index (κ1) is 13.4. The molecule has 0 fully saturated rings. The average molecular weight is 253 g/mol. The molecule has 1 N–H and O–H groups in total. The Morgan fingerprint density at radius 3 is 2.59 bits per heavy atom. The van der Waals surface area contributed by atoms with Crippen LogP contribution in [0.25, 0.3) is 6.08 Å². The van der Waals surface area contributed by atoms with E-state index in [1.54, 1.807) is 36.4 Å². The summed E-state index contributed by atoms with van der Waals surface area (Å²) >= 11 is 0. The number of carbonyl (C=O) groups excluding carboxylic acids is 1. The highest BCUT2D eigenvalue weighted by Gasteiger charge is 2.09. The van der Waals surface area contributed by atoms with Gasteiger partial charge in [0.1, 0.15) is 0 Å². The van der Waals surface area contributed by atoms with Crippen molar-refractivity contribution in [3.8, 4) is 0 Å². The summed E-state index contributed by atoms with van der Waals surface area (Å²) in [6, 6.07) is 6.74. The minimum atomic E-state index is -3.23. The van der Waals surface area contributed by atoms with Gasteiger partial charge in [-0.1, -0.05) is 30.4 Å². The van der Waals surface area contributed by atoms with Crippen molar-refractivity contribution >= 4 is 21.8 Å². The number of amides is 1. The molecule has 0 heterocycles. The molecule has 0 bridgehead atoms. The van der Waals surface area contributed by atoms with Gasteiger partial charge in [-0.05, 0) is 11.6 Å². The molecule has 0 radical (unpaired) electrons. The molecule has 17 heavy (non-hydrogen) atoms. The van der Waals surface area contributed by atoms with Crippen LogP contribution in [0.4, 0.5) is 0 Å². The van der Waals surface area contributed by atoms with Crippen molar-refractivity contribution in [1.29, 1.82) is 0 Å². The number of hydrogen-bond acceptors (Lipinski definition) is 3. The van der Waals surface area contributed by atoms with E-state index in [0.29, 0.717) is 17.0 Å². The van der Waals surface area contributed by atoms with E-state index in [9.17, 15) is 13.2 Å². The fraction of sp³-hybridized carbons (Fsp3) is 0.250. The Morgan fingerprint density at radius 2 is 2.00 bits per heavy atom. The first-order valence-corrected chi connectivity index (χ1v) is 7.00. The van der Waals surface area contributed by atoms with Crippen LogP contribution in [0.5, 0.6) is 0 Å². The molecule has 0 saturated heterocycles. The van der Waals surface area contributed by atoms with Crippen LogP contribution in [0.3, 0.4) is 0 Å². The quantitative estimate of drug-likeness (QED) is 0.878. The molecule has 0 aliphatic rings. The van der Waals surface area contributed by atoms with Crippen molar-refractivity contribution in [1.82, 2.24) is 5.32 Å². The third kappa shape index (κ3) is 4.40. The minimum Gasteiger partial charge on any atom is -0.353 e. The van der Waals surface area contributed by atoms with Gasteiger partial charge in [0, 0.05) is 19.7 Å².